The smallest absolute Gasteiger partial charge is 0.0552 e. The third kappa shape index (κ3) is 3.83. The van der Waals surface area contributed by atoms with Crippen LogP contribution >= 0.6 is 0 Å². The molecule has 1 aliphatic rings. The third-order valence-corrected chi connectivity index (χ3v) is 3.54. The van der Waals surface area contributed by atoms with Gasteiger partial charge in [0.25, 0.3) is 0 Å². The number of aliphatic hydroxyl groups is 1. The molecular formula is C15H23NO. The first-order chi connectivity index (χ1) is 8.25. The highest BCUT2D eigenvalue weighted by atomic mass is 16.3. The van der Waals surface area contributed by atoms with Gasteiger partial charge >= 0.3 is 0 Å². The summed E-state index contributed by atoms with van der Waals surface area (Å²) < 4.78 is 0. The second-order valence-corrected chi connectivity index (χ2v) is 5.24. The first kappa shape index (κ1) is 12.6. The molecule has 17 heavy (non-hydrogen) atoms. The molecule has 1 fully saturated rings. The van der Waals surface area contributed by atoms with Crippen LogP contribution in [-0.4, -0.2) is 24.3 Å². The second kappa shape index (κ2) is 6.18. The van der Waals surface area contributed by atoms with E-state index in [9.17, 15) is 5.11 Å². The van der Waals surface area contributed by atoms with Gasteiger partial charge in [-0.15, -0.1) is 0 Å². The van der Waals surface area contributed by atoms with E-state index in [4.69, 9.17) is 0 Å². The lowest BCUT2D eigenvalue weighted by atomic mass is 9.89. The highest BCUT2D eigenvalue weighted by Crippen LogP contribution is 2.20. The maximum atomic E-state index is 9.52. The molecule has 0 spiro atoms. The Balaban J connectivity index is 2.03. The van der Waals surface area contributed by atoms with Crippen molar-refractivity contribution < 1.29 is 5.11 Å². The maximum absolute atomic E-state index is 9.52. The Morgan fingerprint density at radius 2 is 2.12 bits per heavy atom. The van der Waals surface area contributed by atoms with Crippen molar-refractivity contribution in [3.63, 3.8) is 0 Å². The van der Waals surface area contributed by atoms with Gasteiger partial charge in [-0.3, -0.25) is 0 Å². The van der Waals surface area contributed by atoms with Crippen molar-refractivity contribution in [2.45, 2.75) is 38.7 Å². The lowest BCUT2D eigenvalue weighted by molar-refractivity contribution is 0.195. The lowest BCUT2D eigenvalue weighted by Crippen LogP contribution is -2.31. The Hall–Kier alpha value is -0.860. The van der Waals surface area contributed by atoms with Gasteiger partial charge in [0.05, 0.1) is 6.10 Å². The Morgan fingerprint density at radius 1 is 1.35 bits per heavy atom. The molecule has 1 aromatic carbocycles. The van der Waals surface area contributed by atoms with Crippen LogP contribution < -0.4 is 5.32 Å². The number of rotatable bonds is 4. The zero-order valence-electron chi connectivity index (χ0n) is 10.7. The second-order valence-electron chi connectivity index (χ2n) is 5.24. The minimum absolute atomic E-state index is 0.249. The molecule has 0 saturated carbocycles. The molecule has 1 aliphatic heterocycles. The van der Waals surface area contributed by atoms with Gasteiger partial charge in [-0.25, -0.2) is 0 Å². The summed E-state index contributed by atoms with van der Waals surface area (Å²) in [6, 6.07) is 8.54. The van der Waals surface area contributed by atoms with Crippen LogP contribution in [0.25, 0.3) is 0 Å². The Kier molecular flexibility index (Phi) is 4.57. The van der Waals surface area contributed by atoms with Crippen LogP contribution in [0.2, 0.25) is 0 Å². The van der Waals surface area contributed by atoms with E-state index in [1.807, 2.05) is 6.92 Å². The monoisotopic (exact) mass is 233 g/mol. The summed E-state index contributed by atoms with van der Waals surface area (Å²) in [6.07, 6.45) is 4.30. The van der Waals surface area contributed by atoms with E-state index in [1.54, 1.807) is 0 Å². The highest BCUT2D eigenvalue weighted by Gasteiger charge is 2.15. The van der Waals surface area contributed by atoms with E-state index in [2.05, 4.69) is 29.6 Å². The van der Waals surface area contributed by atoms with E-state index >= 15 is 0 Å². The molecule has 2 heteroatoms. The van der Waals surface area contributed by atoms with Crippen molar-refractivity contribution in [3.05, 3.63) is 35.4 Å². The highest BCUT2D eigenvalue weighted by molar-refractivity contribution is 5.28. The van der Waals surface area contributed by atoms with Crippen molar-refractivity contribution in [2.75, 3.05) is 13.1 Å². The van der Waals surface area contributed by atoms with Gasteiger partial charge in [-0.2, -0.15) is 0 Å². The van der Waals surface area contributed by atoms with Gasteiger partial charge in [-0.1, -0.05) is 24.3 Å². The number of hydrogen-bond donors (Lipinski definition) is 2. The predicted octanol–water partition coefficient (Wildman–Crippen LogP) is 2.15. The van der Waals surface area contributed by atoms with Crippen molar-refractivity contribution >= 4 is 0 Å². The van der Waals surface area contributed by atoms with Crippen molar-refractivity contribution in [1.29, 1.82) is 0 Å². The molecule has 0 radical (unpaired) electrons. The molecule has 94 valence electrons. The zero-order chi connectivity index (χ0) is 12.1. The molecule has 2 atom stereocenters. The zero-order valence-corrected chi connectivity index (χ0v) is 10.7. The molecule has 0 amide bonds. The Morgan fingerprint density at radius 3 is 2.76 bits per heavy atom. The van der Waals surface area contributed by atoms with E-state index in [-0.39, 0.29) is 6.10 Å². The van der Waals surface area contributed by atoms with E-state index in [1.165, 1.54) is 30.5 Å². The molecule has 1 heterocycles. The number of hydrogen-bond acceptors (Lipinski definition) is 2. The van der Waals surface area contributed by atoms with E-state index in [0.717, 1.165) is 25.3 Å². The average Bonchev–Trinajstić information content (AvgIpc) is 2.32. The first-order valence-electron chi connectivity index (χ1n) is 6.71. The van der Waals surface area contributed by atoms with Gasteiger partial charge < -0.3 is 10.4 Å². The fourth-order valence-electron chi connectivity index (χ4n) is 2.68. The molecule has 0 aliphatic carbocycles. The summed E-state index contributed by atoms with van der Waals surface area (Å²) >= 11 is 0. The van der Waals surface area contributed by atoms with Crippen LogP contribution in [0.4, 0.5) is 0 Å². The summed E-state index contributed by atoms with van der Waals surface area (Å²) in [5.74, 6) is 0.763. The number of aliphatic hydroxyl groups excluding tert-OH is 1. The van der Waals surface area contributed by atoms with Gasteiger partial charge in [-0.05, 0) is 62.7 Å². The Labute approximate surface area is 104 Å². The first-order valence-corrected chi connectivity index (χ1v) is 6.71. The summed E-state index contributed by atoms with van der Waals surface area (Å²) in [5, 5.41) is 13.0. The molecule has 1 aromatic rings. The van der Waals surface area contributed by atoms with Gasteiger partial charge in [0.2, 0.25) is 0 Å². The fourth-order valence-corrected chi connectivity index (χ4v) is 2.68. The quantitative estimate of drug-likeness (QED) is 0.835. The van der Waals surface area contributed by atoms with Crippen molar-refractivity contribution in [1.82, 2.24) is 5.32 Å². The van der Waals surface area contributed by atoms with E-state index < -0.39 is 0 Å². The van der Waals surface area contributed by atoms with Crippen LogP contribution in [0.1, 0.15) is 30.9 Å². The predicted molar refractivity (Wildman–Crippen MR) is 71.1 cm³/mol. The molecule has 2 rings (SSSR count). The van der Waals surface area contributed by atoms with Crippen molar-refractivity contribution in [2.24, 2.45) is 5.92 Å². The maximum Gasteiger partial charge on any atom is 0.0552 e. The van der Waals surface area contributed by atoms with Crippen molar-refractivity contribution in [3.8, 4) is 0 Å². The largest absolute Gasteiger partial charge is 0.393 e. The van der Waals surface area contributed by atoms with Gasteiger partial charge in [0.1, 0.15) is 0 Å². The summed E-state index contributed by atoms with van der Waals surface area (Å²) in [5.41, 5.74) is 2.73. The van der Waals surface area contributed by atoms with Crippen LogP contribution in [0, 0.1) is 5.92 Å². The molecule has 1 saturated heterocycles. The minimum Gasteiger partial charge on any atom is -0.393 e. The summed E-state index contributed by atoms with van der Waals surface area (Å²) in [6.45, 7) is 4.17. The molecule has 2 nitrogen and oxygen atoms in total. The lowest BCUT2D eigenvalue weighted by Gasteiger charge is -2.24. The normalized spacial score (nSPS) is 22.4. The molecule has 2 unspecified atom stereocenters. The number of benzene rings is 1. The third-order valence-electron chi connectivity index (χ3n) is 3.54. The molecule has 0 aromatic heterocycles. The van der Waals surface area contributed by atoms with Crippen LogP contribution in [0.5, 0.6) is 0 Å². The van der Waals surface area contributed by atoms with Crippen LogP contribution in [0.15, 0.2) is 24.3 Å². The number of nitrogens with one attached hydrogen (secondary N) is 1. The van der Waals surface area contributed by atoms with Crippen LogP contribution in [-0.2, 0) is 12.8 Å². The molecular weight excluding hydrogens is 210 g/mol. The van der Waals surface area contributed by atoms with Gasteiger partial charge in [0.15, 0.2) is 0 Å². The molecule has 2 N–H and O–H groups in total. The fraction of sp³-hybridized carbons (Fsp3) is 0.600. The standard InChI is InChI=1S/C15H23NO/c1-12(17)9-14-6-2-3-7-15(14)10-13-5-4-8-16-11-13/h2-3,6-7,12-13,16-17H,4-5,8-11H2,1H3. The molecule has 0 bridgehead atoms. The summed E-state index contributed by atoms with van der Waals surface area (Å²) in [7, 11) is 0. The van der Waals surface area contributed by atoms with Crippen LogP contribution in [0.3, 0.4) is 0 Å². The summed E-state index contributed by atoms with van der Waals surface area (Å²) in [4.78, 5) is 0. The average molecular weight is 233 g/mol. The topological polar surface area (TPSA) is 32.3 Å². The van der Waals surface area contributed by atoms with E-state index in [0.29, 0.717) is 0 Å². The minimum atomic E-state index is -0.249. The van der Waals surface area contributed by atoms with Gasteiger partial charge in [0, 0.05) is 0 Å². The number of piperidine rings is 1. The SMILES string of the molecule is CC(O)Cc1ccccc1CC1CCCNC1. The Bertz CT molecular complexity index is 343.